The second kappa shape index (κ2) is 3.84. The Balaban J connectivity index is 2.58. The van der Waals surface area contributed by atoms with E-state index in [0.29, 0.717) is 5.69 Å². The maximum atomic E-state index is 9.72. The second-order valence-electron chi connectivity index (χ2n) is 3.90. The lowest BCUT2D eigenvalue weighted by Crippen LogP contribution is -1.98. The highest BCUT2D eigenvalue weighted by Gasteiger charge is 2.12. The molecule has 84 valence electrons. The molecule has 5 nitrogen and oxygen atoms in total. The third-order valence-corrected chi connectivity index (χ3v) is 2.42. The first-order valence-corrected chi connectivity index (χ1v) is 5.02. The van der Waals surface area contributed by atoms with Crippen LogP contribution in [-0.2, 0) is 0 Å². The summed E-state index contributed by atoms with van der Waals surface area (Å²) in [6.45, 7) is 3.94. The van der Waals surface area contributed by atoms with Gasteiger partial charge in [0.1, 0.15) is 17.2 Å². The SMILES string of the molecule is CC(C)c1cc(-n2ccnn2)c(O)cc1O. The summed E-state index contributed by atoms with van der Waals surface area (Å²) in [5.74, 6) is 0.242. The first-order chi connectivity index (χ1) is 7.59. The molecular formula is C11H13N3O2. The number of aromatic hydroxyl groups is 2. The highest BCUT2D eigenvalue weighted by atomic mass is 16.3. The van der Waals surface area contributed by atoms with E-state index in [1.807, 2.05) is 13.8 Å². The fourth-order valence-corrected chi connectivity index (χ4v) is 1.56. The molecule has 0 spiro atoms. The van der Waals surface area contributed by atoms with E-state index in [4.69, 9.17) is 0 Å². The number of aromatic nitrogens is 3. The van der Waals surface area contributed by atoms with Crippen LogP contribution >= 0.6 is 0 Å². The summed E-state index contributed by atoms with van der Waals surface area (Å²) < 4.78 is 1.46. The zero-order valence-electron chi connectivity index (χ0n) is 9.12. The fraction of sp³-hybridized carbons (Fsp3) is 0.273. The first-order valence-electron chi connectivity index (χ1n) is 5.02. The van der Waals surface area contributed by atoms with E-state index in [9.17, 15) is 10.2 Å². The van der Waals surface area contributed by atoms with Crippen molar-refractivity contribution in [2.75, 3.05) is 0 Å². The van der Waals surface area contributed by atoms with E-state index >= 15 is 0 Å². The van der Waals surface area contributed by atoms with Crippen LogP contribution in [0.25, 0.3) is 5.69 Å². The molecule has 0 radical (unpaired) electrons. The monoisotopic (exact) mass is 219 g/mol. The highest BCUT2D eigenvalue weighted by molar-refractivity contribution is 5.54. The molecule has 0 saturated carbocycles. The van der Waals surface area contributed by atoms with Crippen LogP contribution in [0, 0.1) is 0 Å². The zero-order chi connectivity index (χ0) is 11.7. The number of hydrogen-bond donors (Lipinski definition) is 2. The van der Waals surface area contributed by atoms with Gasteiger partial charge in [-0.05, 0) is 17.5 Å². The Hall–Kier alpha value is -2.04. The standard InChI is InChI=1S/C11H13N3O2/c1-7(2)8-5-9(11(16)6-10(8)15)14-4-3-12-13-14/h3-7,15-16H,1-2H3. The van der Waals surface area contributed by atoms with E-state index in [0.717, 1.165) is 5.56 Å². The maximum absolute atomic E-state index is 9.72. The van der Waals surface area contributed by atoms with Gasteiger partial charge in [0.15, 0.2) is 0 Å². The molecule has 16 heavy (non-hydrogen) atoms. The van der Waals surface area contributed by atoms with Gasteiger partial charge in [0.25, 0.3) is 0 Å². The van der Waals surface area contributed by atoms with Crippen LogP contribution in [0.5, 0.6) is 11.5 Å². The van der Waals surface area contributed by atoms with Gasteiger partial charge >= 0.3 is 0 Å². The van der Waals surface area contributed by atoms with Gasteiger partial charge in [-0.15, -0.1) is 5.10 Å². The minimum absolute atomic E-state index is 0.0209. The second-order valence-corrected chi connectivity index (χ2v) is 3.90. The zero-order valence-corrected chi connectivity index (χ0v) is 9.12. The van der Waals surface area contributed by atoms with Gasteiger partial charge in [0.2, 0.25) is 0 Å². The molecule has 5 heteroatoms. The fourth-order valence-electron chi connectivity index (χ4n) is 1.56. The number of hydrogen-bond acceptors (Lipinski definition) is 4. The van der Waals surface area contributed by atoms with Crippen molar-refractivity contribution >= 4 is 0 Å². The summed E-state index contributed by atoms with van der Waals surface area (Å²) in [5, 5.41) is 26.9. The molecule has 2 rings (SSSR count). The number of phenols is 2. The highest BCUT2D eigenvalue weighted by Crippen LogP contribution is 2.33. The Morgan fingerprint density at radius 2 is 1.94 bits per heavy atom. The summed E-state index contributed by atoms with van der Waals surface area (Å²) in [5.41, 5.74) is 1.28. The summed E-state index contributed by atoms with van der Waals surface area (Å²) in [6, 6.07) is 3.04. The molecular weight excluding hydrogens is 206 g/mol. The molecule has 0 saturated heterocycles. The molecule has 0 unspecified atom stereocenters. The summed E-state index contributed by atoms with van der Waals surface area (Å²) in [6.07, 6.45) is 3.16. The lowest BCUT2D eigenvalue weighted by molar-refractivity contribution is 0.441. The molecule has 2 aromatic rings. The molecule has 0 aliphatic heterocycles. The van der Waals surface area contributed by atoms with Crippen molar-refractivity contribution in [3.05, 3.63) is 30.1 Å². The van der Waals surface area contributed by atoms with Crippen molar-refractivity contribution in [1.82, 2.24) is 15.0 Å². The van der Waals surface area contributed by atoms with E-state index in [2.05, 4.69) is 10.3 Å². The Kier molecular flexibility index (Phi) is 2.52. The molecule has 0 atom stereocenters. The predicted molar refractivity (Wildman–Crippen MR) is 58.8 cm³/mol. The van der Waals surface area contributed by atoms with Crippen molar-refractivity contribution < 1.29 is 10.2 Å². The molecule has 1 aromatic carbocycles. The average molecular weight is 219 g/mol. The Morgan fingerprint density at radius 1 is 1.19 bits per heavy atom. The maximum Gasteiger partial charge on any atom is 0.145 e. The molecule has 1 heterocycles. The summed E-state index contributed by atoms with van der Waals surface area (Å²) in [4.78, 5) is 0. The smallest absolute Gasteiger partial charge is 0.145 e. The van der Waals surface area contributed by atoms with Crippen LogP contribution in [0.3, 0.4) is 0 Å². The van der Waals surface area contributed by atoms with E-state index < -0.39 is 0 Å². The average Bonchev–Trinajstić information content (AvgIpc) is 2.70. The van der Waals surface area contributed by atoms with E-state index in [1.54, 1.807) is 12.3 Å². The quantitative estimate of drug-likeness (QED) is 0.807. The third kappa shape index (κ3) is 1.71. The van der Waals surface area contributed by atoms with Gasteiger partial charge in [-0.3, -0.25) is 0 Å². The van der Waals surface area contributed by atoms with E-state index in [-0.39, 0.29) is 17.4 Å². The molecule has 0 aliphatic rings. The van der Waals surface area contributed by atoms with Crippen LogP contribution in [-0.4, -0.2) is 25.2 Å². The predicted octanol–water partition coefficient (Wildman–Crippen LogP) is 1.80. The van der Waals surface area contributed by atoms with Crippen LogP contribution in [0.1, 0.15) is 25.3 Å². The topological polar surface area (TPSA) is 71.2 Å². The van der Waals surface area contributed by atoms with Gasteiger partial charge in [0, 0.05) is 6.07 Å². The number of phenolic OH excluding ortho intramolecular Hbond substituents is 2. The van der Waals surface area contributed by atoms with Gasteiger partial charge in [-0.25, -0.2) is 4.68 Å². The Morgan fingerprint density at radius 3 is 2.50 bits per heavy atom. The third-order valence-electron chi connectivity index (χ3n) is 2.42. The molecule has 0 bridgehead atoms. The Labute approximate surface area is 93.0 Å². The normalized spacial score (nSPS) is 10.9. The summed E-state index contributed by atoms with van der Waals surface area (Å²) >= 11 is 0. The van der Waals surface area contributed by atoms with Gasteiger partial charge in [-0.2, -0.15) is 0 Å². The van der Waals surface area contributed by atoms with Crippen molar-refractivity contribution in [2.24, 2.45) is 0 Å². The van der Waals surface area contributed by atoms with E-state index in [1.165, 1.54) is 16.9 Å². The number of rotatable bonds is 2. The number of nitrogens with zero attached hydrogens (tertiary/aromatic N) is 3. The minimum atomic E-state index is -0.0209. The molecule has 1 aromatic heterocycles. The van der Waals surface area contributed by atoms with Crippen LogP contribution in [0.15, 0.2) is 24.5 Å². The van der Waals surface area contributed by atoms with Crippen molar-refractivity contribution in [3.8, 4) is 17.2 Å². The van der Waals surface area contributed by atoms with Crippen molar-refractivity contribution in [3.63, 3.8) is 0 Å². The lowest BCUT2D eigenvalue weighted by Gasteiger charge is -2.12. The van der Waals surface area contributed by atoms with Crippen molar-refractivity contribution in [2.45, 2.75) is 19.8 Å². The molecule has 0 amide bonds. The summed E-state index contributed by atoms with van der Waals surface area (Å²) in [7, 11) is 0. The van der Waals surface area contributed by atoms with Crippen LogP contribution in [0.2, 0.25) is 0 Å². The Bertz CT molecular complexity index is 492. The minimum Gasteiger partial charge on any atom is -0.508 e. The van der Waals surface area contributed by atoms with Crippen LogP contribution in [0.4, 0.5) is 0 Å². The number of benzene rings is 1. The molecule has 0 aliphatic carbocycles. The van der Waals surface area contributed by atoms with Gasteiger partial charge < -0.3 is 10.2 Å². The lowest BCUT2D eigenvalue weighted by atomic mass is 10.0. The first kappa shape index (κ1) is 10.5. The van der Waals surface area contributed by atoms with Gasteiger partial charge in [0.05, 0.1) is 12.4 Å². The molecule has 0 fully saturated rings. The van der Waals surface area contributed by atoms with Gasteiger partial charge in [-0.1, -0.05) is 19.1 Å². The van der Waals surface area contributed by atoms with Crippen molar-refractivity contribution in [1.29, 1.82) is 0 Å². The van der Waals surface area contributed by atoms with Crippen LogP contribution < -0.4 is 0 Å². The molecule has 2 N–H and O–H groups in total. The largest absolute Gasteiger partial charge is 0.508 e.